The zero-order chi connectivity index (χ0) is 19.6. The van der Waals surface area contributed by atoms with E-state index in [2.05, 4.69) is 20.8 Å². The molecule has 3 rings (SSSR count). The Morgan fingerprint density at radius 3 is 2.33 bits per heavy atom. The zero-order valence-corrected chi connectivity index (χ0v) is 15.9. The van der Waals surface area contributed by atoms with Crippen molar-refractivity contribution in [3.8, 4) is 17.2 Å². The molecule has 0 radical (unpaired) electrons. The van der Waals surface area contributed by atoms with E-state index in [1.165, 1.54) is 17.9 Å². The Morgan fingerprint density at radius 1 is 1.04 bits per heavy atom. The first kappa shape index (κ1) is 18.7. The van der Waals surface area contributed by atoms with Gasteiger partial charge < -0.3 is 13.9 Å². The van der Waals surface area contributed by atoms with Crippen molar-refractivity contribution < 1.29 is 18.7 Å². The Balaban J connectivity index is 1.87. The molecule has 0 N–H and O–H groups in total. The van der Waals surface area contributed by atoms with E-state index in [0.717, 1.165) is 0 Å². The monoisotopic (exact) mass is 366 g/mol. The van der Waals surface area contributed by atoms with Gasteiger partial charge >= 0.3 is 5.97 Å². The minimum atomic E-state index is -0.352. The Morgan fingerprint density at radius 2 is 1.70 bits per heavy atom. The SMILES string of the molecule is CCC(=O)Oc1ccc2c(=O)c(Oc3ccc(C(C)(C)C)cc3)coc2c1. The van der Waals surface area contributed by atoms with Gasteiger partial charge in [0.05, 0.1) is 5.39 Å². The average molecular weight is 366 g/mol. The molecular formula is C22H22O5. The molecule has 0 aliphatic heterocycles. The predicted octanol–water partition coefficient (Wildman–Crippen LogP) is 5.20. The van der Waals surface area contributed by atoms with Crippen molar-refractivity contribution in [2.45, 2.75) is 39.5 Å². The molecule has 0 atom stereocenters. The molecule has 0 fully saturated rings. The van der Waals surface area contributed by atoms with E-state index in [-0.39, 0.29) is 29.0 Å². The summed E-state index contributed by atoms with van der Waals surface area (Å²) in [4.78, 5) is 24.0. The summed E-state index contributed by atoms with van der Waals surface area (Å²) in [5.74, 6) is 0.645. The van der Waals surface area contributed by atoms with Crippen LogP contribution in [0.4, 0.5) is 0 Å². The van der Waals surface area contributed by atoms with Crippen LogP contribution >= 0.6 is 0 Å². The number of hydrogen-bond donors (Lipinski definition) is 0. The summed E-state index contributed by atoms with van der Waals surface area (Å²) < 4.78 is 16.4. The molecule has 1 heterocycles. The van der Waals surface area contributed by atoms with Crippen LogP contribution < -0.4 is 14.9 Å². The van der Waals surface area contributed by atoms with E-state index in [4.69, 9.17) is 13.9 Å². The quantitative estimate of drug-likeness (QED) is 0.469. The van der Waals surface area contributed by atoms with Gasteiger partial charge in [0.2, 0.25) is 11.2 Å². The van der Waals surface area contributed by atoms with E-state index >= 15 is 0 Å². The first-order valence-electron chi connectivity index (χ1n) is 8.82. The number of carbonyl (C=O) groups is 1. The van der Waals surface area contributed by atoms with Crippen molar-refractivity contribution in [3.05, 3.63) is 64.5 Å². The molecule has 0 unspecified atom stereocenters. The largest absolute Gasteiger partial charge is 0.460 e. The van der Waals surface area contributed by atoms with E-state index in [0.29, 0.717) is 22.5 Å². The number of benzene rings is 2. The Hall–Kier alpha value is -3.08. The molecule has 1 aromatic heterocycles. The number of carbonyl (C=O) groups excluding carboxylic acids is 1. The Labute approximate surface area is 157 Å². The first-order chi connectivity index (χ1) is 12.8. The summed E-state index contributed by atoms with van der Waals surface area (Å²) in [7, 11) is 0. The summed E-state index contributed by atoms with van der Waals surface area (Å²) in [5.41, 5.74) is 1.26. The maximum atomic E-state index is 12.7. The average Bonchev–Trinajstić information content (AvgIpc) is 2.63. The fraction of sp³-hybridized carbons (Fsp3) is 0.273. The standard InChI is InChI=1S/C22H22O5/c1-5-20(23)27-16-10-11-17-18(12-16)25-13-19(21(17)24)26-15-8-6-14(7-9-15)22(2,3)4/h6-13H,5H2,1-4H3. The minimum absolute atomic E-state index is 0.0411. The lowest BCUT2D eigenvalue weighted by Crippen LogP contribution is -2.10. The maximum Gasteiger partial charge on any atom is 0.310 e. The number of hydrogen-bond acceptors (Lipinski definition) is 5. The van der Waals surface area contributed by atoms with Gasteiger partial charge in [0.25, 0.3) is 0 Å². The van der Waals surface area contributed by atoms with Gasteiger partial charge in [-0.05, 0) is 35.2 Å². The first-order valence-corrected chi connectivity index (χ1v) is 8.82. The van der Waals surface area contributed by atoms with E-state index in [9.17, 15) is 9.59 Å². The lowest BCUT2D eigenvalue weighted by Gasteiger charge is -2.19. The summed E-state index contributed by atoms with van der Waals surface area (Å²) in [6.07, 6.45) is 1.54. The Kier molecular flexibility index (Phi) is 5.04. The molecule has 3 aromatic rings. The van der Waals surface area contributed by atoms with Crippen LogP contribution in [0.1, 0.15) is 39.7 Å². The molecule has 0 bridgehead atoms. The smallest absolute Gasteiger partial charge is 0.310 e. The van der Waals surface area contributed by atoms with Crippen molar-refractivity contribution >= 4 is 16.9 Å². The molecule has 27 heavy (non-hydrogen) atoms. The lowest BCUT2D eigenvalue weighted by atomic mass is 9.87. The Bertz CT molecular complexity index is 1020. The summed E-state index contributed by atoms with van der Waals surface area (Å²) >= 11 is 0. The summed E-state index contributed by atoms with van der Waals surface area (Å²) in [6, 6.07) is 12.3. The molecule has 2 aromatic carbocycles. The van der Waals surface area contributed by atoms with Crippen molar-refractivity contribution in [1.29, 1.82) is 0 Å². The summed E-state index contributed by atoms with van der Waals surface area (Å²) in [5, 5.41) is 0.357. The highest BCUT2D eigenvalue weighted by molar-refractivity contribution is 5.80. The molecule has 0 aliphatic rings. The molecule has 5 nitrogen and oxygen atoms in total. The van der Waals surface area contributed by atoms with Crippen molar-refractivity contribution in [2.75, 3.05) is 0 Å². The second-order valence-electron chi connectivity index (χ2n) is 7.29. The highest BCUT2D eigenvalue weighted by atomic mass is 16.5. The van der Waals surface area contributed by atoms with Gasteiger partial charge in [0.15, 0.2) is 0 Å². The molecule has 5 heteroatoms. The van der Waals surface area contributed by atoms with Crippen LogP contribution in [0.25, 0.3) is 11.0 Å². The van der Waals surface area contributed by atoms with E-state index in [1.54, 1.807) is 19.1 Å². The van der Waals surface area contributed by atoms with Gasteiger partial charge in [-0.15, -0.1) is 0 Å². The molecule has 0 saturated heterocycles. The van der Waals surface area contributed by atoms with Gasteiger partial charge in [0, 0.05) is 12.5 Å². The zero-order valence-electron chi connectivity index (χ0n) is 15.9. The molecule has 0 amide bonds. The third-order valence-corrected chi connectivity index (χ3v) is 4.18. The van der Waals surface area contributed by atoms with Gasteiger partial charge in [-0.25, -0.2) is 0 Å². The maximum absolute atomic E-state index is 12.7. The number of ether oxygens (including phenoxy) is 2. The van der Waals surface area contributed by atoms with E-state index in [1.807, 2.05) is 24.3 Å². The van der Waals surface area contributed by atoms with Crippen molar-refractivity contribution in [2.24, 2.45) is 0 Å². The van der Waals surface area contributed by atoms with Crippen LogP contribution in [-0.2, 0) is 10.2 Å². The van der Waals surface area contributed by atoms with Gasteiger partial charge in [-0.1, -0.05) is 39.8 Å². The fourth-order valence-electron chi connectivity index (χ4n) is 2.58. The van der Waals surface area contributed by atoms with Gasteiger partial charge in [-0.3, -0.25) is 9.59 Å². The number of esters is 1. The number of fused-ring (bicyclic) bond motifs is 1. The third-order valence-electron chi connectivity index (χ3n) is 4.18. The van der Waals surface area contributed by atoms with Crippen LogP contribution in [0.5, 0.6) is 17.2 Å². The third kappa shape index (κ3) is 4.19. The molecule has 0 spiro atoms. The summed E-state index contributed by atoms with van der Waals surface area (Å²) in [6.45, 7) is 8.10. The van der Waals surface area contributed by atoms with Gasteiger partial charge in [-0.2, -0.15) is 0 Å². The van der Waals surface area contributed by atoms with E-state index < -0.39 is 0 Å². The van der Waals surface area contributed by atoms with Crippen LogP contribution in [0.15, 0.2) is 57.9 Å². The lowest BCUT2D eigenvalue weighted by molar-refractivity contribution is -0.134. The minimum Gasteiger partial charge on any atom is -0.460 e. The molecule has 140 valence electrons. The normalized spacial score (nSPS) is 11.4. The van der Waals surface area contributed by atoms with Crippen LogP contribution in [0.2, 0.25) is 0 Å². The van der Waals surface area contributed by atoms with Crippen LogP contribution in [0.3, 0.4) is 0 Å². The molecule has 0 aliphatic carbocycles. The van der Waals surface area contributed by atoms with Crippen molar-refractivity contribution in [1.82, 2.24) is 0 Å². The predicted molar refractivity (Wildman–Crippen MR) is 104 cm³/mol. The second-order valence-corrected chi connectivity index (χ2v) is 7.29. The van der Waals surface area contributed by atoms with Crippen molar-refractivity contribution in [3.63, 3.8) is 0 Å². The highest BCUT2D eigenvalue weighted by Crippen LogP contribution is 2.27. The van der Waals surface area contributed by atoms with Crippen LogP contribution in [0, 0.1) is 0 Å². The fourth-order valence-corrected chi connectivity index (χ4v) is 2.58. The van der Waals surface area contributed by atoms with Gasteiger partial charge in [0.1, 0.15) is 23.3 Å². The molecular weight excluding hydrogens is 344 g/mol. The highest BCUT2D eigenvalue weighted by Gasteiger charge is 2.14. The molecule has 0 saturated carbocycles. The number of rotatable bonds is 4. The topological polar surface area (TPSA) is 65.7 Å². The van der Waals surface area contributed by atoms with Crippen LogP contribution in [-0.4, -0.2) is 5.97 Å². The second kappa shape index (κ2) is 7.27.